The van der Waals surface area contributed by atoms with Crippen LogP contribution in [0.4, 0.5) is 18.9 Å². The molecular weight excluding hydrogens is 365 g/mol. The highest BCUT2D eigenvalue weighted by Gasteiger charge is 2.34. The standard InChI is InChI=1S/C14H14BrF3N2S/c1-3-10-7-19-13(21-10)8(2)20-12-6-9(15)4-5-11(12)14(16,17)18/h4-8,20H,3H2,1-2H3. The van der Waals surface area contributed by atoms with Crippen LogP contribution in [0.3, 0.4) is 0 Å². The Balaban J connectivity index is 2.28. The monoisotopic (exact) mass is 378 g/mol. The maximum atomic E-state index is 13.0. The number of aryl methyl sites for hydroxylation is 1. The summed E-state index contributed by atoms with van der Waals surface area (Å²) in [5, 5.41) is 3.69. The fourth-order valence-electron chi connectivity index (χ4n) is 1.86. The summed E-state index contributed by atoms with van der Waals surface area (Å²) in [6.45, 7) is 3.82. The second kappa shape index (κ2) is 6.36. The van der Waals surface area contributed by atoms with Gasteiger partial charge < -0.3 is 5.32 Å². The number of rotatable bonds is 4. The van der Waals surface area contributed by atoms with Crippen LogP contribution in [0.5, 0.6) is 0 Å². The van der Waals surface area contributed by atoms with E-state index in [0.717, 1.165) is 22.4 Å². The second-order valence-corrected chi connectivity index (χ2v) is 6.63. The lowest BCUT2D eigenvalue weighted by molar-refractivity contribution is -0.137. The van der Waals surface area contributed by atoms with Crippen LogP contribution < -0.4 is 5.32 Å². The Morgan fingerprint density at radius 1 is 1.38 bits per heavy atom. The number of thiazole rings is 1. The van der Waals surface area contributed by atoms with Crippen LogP contribution in [0.2, 0.25) is 0 Å². The van der Waals surface area contributed by atoms with Crippen molar-refractivity contribution in [3.8, 4) is 0 Å². The van der Waals surface area contributed by atoms with Gasteiger partial charge >= 0.3 is 6.18 Å². The average molecular weight is 379 g/mol. The molecule has 0 amide bonds. The number of anilines is 1. The van der Waals surface area contributed by atoms with Crippen molar-refractivity contribution in [2.75, 3.05) is 5.32 Å². The first kappa shape index (κ1) is 16.3. The zero-order chi connectivity index (χ0) is 15.6. The Morgan fingerprint density at radius 2 is 2.10 bits per heavy atom. The summed E-state index contributed by atoms with van der Waals surface area (Å²) < 4.78 is 39.7. The zero-order valence-corrected chi connectivity index (χ0v) is 13.9. The van der Waals surface area contributed by atoms with E-state index in [1.807, 2.05) is 6.92 Å². The van der Waals surface area contributed by atoms with E-state index in [0.29, 0.717) is 4.47 Å². The largest absolute Gasteiger partial charge is 0.418 e. The van der Waals surface area contributed by atoms with E-state index in [4.69, 9.17) is 0 Å². The van der Waals surface area contributed by atoms with Crippen LogP contribution in [0.1, 0.15) is 35.3 Å². The van der Waals surface area contributed by atoms with Crippen molar-refractivity contribution < 1.29 is 13.2 Å². The number of halogens is 4. The number of hydrogen-bond donors (Lipinski definition) is 1. The number of benzene rings is 1. The van der Waals surface area contributed by atoms with E-state index in [2.05, 4.69) is 26.2 Å². The van der Waals surface area contributed by atoms with Crippen LogP contribution in [-0.2, 0) is 12.6 Å². The maximum absolute atomic E-state index is 13.0. The smallest absolute Gasteiger partial charge is 0.376 e. The van der Waals surface area contributed by atoms with E-state index in [1.54, 1.807) is 13.1 Å². The van der Waals surface area contributed by atoms with E-state index < -0.39 is 11.7 Å². The number of nitrogens with zero attached hydrogens (tertiary/aromatic N) is 1. The molecule has 1 heterocycles. The highest BCUT2D eigenvalue weighted by Crippen LogP contribution is 2.37. The van der Waals surface area contributed by atoms with Crippen molar-refractivity contribution in [3.63, 3.8) is 0 Å². The van der Waals surface area contributed by atoms with Crippen molar-refractivity contribution in [3.05, 3.63) is 44.3 Å². The lowest BCUT2D eigenvalue weighted by atomic mass is 10.1. The van der Waals surface area contributed by atoms with Gasteiger partial charge in [0, 0.05) is 21.2 Å². The summed E-state index contributed by atoms with van der Waals surface area (Å²) in [4.78, 5) is 5.38. The molecule has 1 aromatic heterocycles. The van der Waals surface area contributed by atoms with Gasteiger partial charge in [-0.05, 0) is 31.5 Å². The van der Waals surface area contributed by atoms with Crippen LogP contribution in [-0.4, -0.2) is 4.98 Å². The van der Waals surface area contributed by atoms with Crippen LogP contribution in [0, 0.1) is 0 Å². The third-order valence-electron chi connectivity index (χ3n) is 2.95. The van der Waals surface area contributed by atoms with Gasteiger partial charge in [0.2, 0.25) is 0 Å². The summed E-state index contributed by atoms with van der Waals surface area (Å²) in [6, 6.07) is 3.61. The molecule has 1 aromatic carbocycles. The molecule has 2 nitrogen and oxygen atoms in total. The summed E-state index contributed by atoms with van der Waals surface area (Å²) in [7, 11) is 0. The molecule has 0 aliphatic rings. The quantitative estimate of drug-likeness (QED) is 0.742. The third kappa shape index (κ3) is 3.97. The first-order valence-corrected chi connectivity index (χ1v) is 8.00. The molecule has 0 radical (unpaired) electrons. The van der Waals surface area contributed by atoms with Gasteiger partial charge in [0.25, 0.3) is 0 Å². The molecular formula is C14H14BrF3N2S. The number of aromatic nitrogens is 1. The lowest BCUT2D eigenvalue weighted by Gasteiger charge is -2.18. The van der Waals surface area contributed by atoms with Gasteiger partial charge in [-0.1, -0.05) is 22.9 Å². The molecule has 0 saturated carbocycles. The van der Waals surface area contributed by atoms with E-state index >= 15 is 0 Å². The molecule has 0 fully saturated rings. The summed E-state index contributed by atoms with van der Waals surface area (Å²) in [5.74, 6) is 0. The minimum Gasteiger partial charge on any atom is -0.376 e. The van der Waals surface area contributed by atoms with Gasteiger partial charge in [0.15, 0.2) is 0 Å². The molecule has 0 aliphatic heterocycles. The molecule has 1 atom stereocenters. The second-order valence-electron chi connectivity index (χ2n) is 4.57. The average Bonchev–Trinajstić information content (AvgIpc) is 2.86. The molecule has 2 rings (SSSR count). The van der Waals surface area contributed by atoms with Gasteiger partial charge in [-0.25, -0.2) is 4.98 Å². The topological polar surface area (TPSA) is 24.9 Å². The van der Waals surface area contributed by atoms with Crippen LogP contribution >= 0.6 is 27.3 Å². The van der Waals surface area contributed by atoms with Gasteiger partial charge in [0.05, 0.1) is 11.6 Å². The number of hydrogen-bond acceptors (Lipinski definition) is 3. The highest BCUT2D eigenvalue weighted by molar-refractivity contribution is 9.10. The first-order valence-electron chi connectivity index (χ1n) is 6.39. The van der Waals surface area contributed by atoms with Crippen molar-refractivity contribution in [1.82, 2.24) is 4.98 Å². The highest BCUT2D eigenvalue weighted by atomic mass is 79.9. The predicted octanol–water partition coefficient (Wildman–Crippen LogP) is 5.66. The molecule has 2 aromatic rings. The third-order valence-corrected chi connectivity index (χ3v) is 4.77. The Labute approximate surface area is 133 Å². The molecule has 7 heteroatoms. The molecule has 21 heavy (non-hydrogen) atoms. The van der Waals surface area contributed by atoms with Crippen molar-refractivity contribution >= 4 is 33.0 Å². The van der Waals surface area contributed by atoms with Gasteiger partial charge in [0.1, 0.15) is 5.01 Å². The van der Waals surface area contributed by atoms with Crippen molar-refractivity contribution in [1.29, 1.82) is 0 Å². The fourth-order valence-corrected chi connectivity index (χ4v) is 3.08. The van der Waals surface area contributed by atoms with Gasteiger partial charge in [-0.2, -0.15) is 13.2 Å². The molecule has 0 aliphatic carbocycles. The molecule has 1 N–H and O–H groups in total. The van der Waals surface area contributed by atoms with Crippen molar-refractivity contribution in [2.45, 2.75) is 32.5 Å². The SMILES string of the molecule is CCc1cnc(C(C)Nc2cc(Br)ccc2C(F)(F)F)s1. The number of alkyl halides is 3. The summed E-state index contributed by atoms with van der Waals surface area (Å²) >= 11 is 4.72. The maximum Gasteiger partial charge on any atom is 0.418 e. The van der Waals surface area contributed by atoms with Gasteiger partial charge in [-0.15, -0.1) is 11.3 Å². The minimum atomic E-state index is -4.39. The molecule has 0 bridgehead atoms. The molecule has 0 saturated heterocycles. The van der Waals surface area contributed by atoms with Crippen LogP contribution in [0.15, 0.2) is 28.9 Å². The molecule has 0 spiro atoms. The van der Waals surface area contributed by atoms with E-state index in [9.17, 15) is 13.2 Å². The Morgan fingerprint density at radius 3 is 2.67 bits per heavy atom. The summed E-state index contributed by atoms with van der Waals surface area (Å²) in [6.07, 6.45) is -1.75. The van der Waals surface area contributed by atoms with Crippen LogP contribution in [0.25, 0.3) is 0 Å². The fraction of sp³-hybridized carbons (Fsp3) is 0.357. The lowest BCUT2D eigenvalue weighted by Crippen LogP contribution is -2.13. The normalized spacial score (nSPS) is 13.2. The van der Waals surface area contributed by atoms with E-state index in [1.165, 1.54) is 23.5 Å². The van der Waals surface area contributed by atoms with Crippen molar-refractivity contribution in [2.24, 2.45) is 0 Å². The molecule has 114 valence electrons. The Bertz CT molecular complexity index is 625. The Kier molecular flexibility index (Phi) is 4.93. The van der Waals surface area contributed by atoms with E-state index in [-0.39, 0.29) is 11.7 Å². The van der Waals surface area contributed by atoms with Gasteiger partial charge in [-0.3, -0.25) is 0 Å². The predicted molar refractivity (Wildman–Crippen MR) is 82.7 cm³/mol. The summed E-state index contributed by atoms with van der Waals surface area (Å²) in [5.41, 5.74) is -0.623. The molecule has 1 unspecified atom stereocenters. The first-order chi connectivity index (χ1) is 9.81. The minimum absolute atomic E-state index is 0.0534. The zero-order valence-electron chi connectivity index (χ0n) is 11.5. The Hall–Kier alpha value is -1.08. The number of nitrogens with one attached hydrogen (secondary N) is 1.